The van der Waals surface area contributed by atoms with Crippen molar-refractivity contribution in [2.75, 3.05) is 5.73 Å². The number of nitrogens with two attached hydrogens (primary N) is 1. The van der Waals surface area contributed by atoms with Gasteiger partial charge in [-0.2, -0.15) is 5.10 Å². The van der Waals surface area contributed by atoms with E-state index in [1.807, 2.05) is 33.3 Å². The molecular formula is C11H15N5S. The fourth-order valence-corrected chi connectivity index (χ4v) is 2.37. The summed E-state index contributed by atoms with van der Waals surface area (Å²) in [6, 6.07) is 0. The second-order valence-electron chi connectivity index (χ2n) is 3.90. The van der Waals surface area contributed by atoms with Crippen LogP contribution in [0.4, 0.5) is 5.82 Å². The van der Waals surface area contributed by atoms with Gasteiger partial charge in [0, 0.05) is 30.8 Å². The SMILES string of the molecule is Cc1cnc(SCc2c(C)nn(C)c2N)nc1. The van der Waals surface area contributed by atoms with Crippen LogP contribution >= 0.6 is 11.8 Å². The van der Waals surface area contributed by atoms with Crippen molar-refractivity contribution in [2.45, 2.75) is 24.8 Å². The number of nitrogens with zero attached hydrogens (tertiary/aromatic N) is 4. The molecule has 0 spiro atoms. The fourth-order valence-electron chi connectivity index (χ4n) is 1.49. The lowest BCUT2D eigenvalue weighted by atomic mass is 10.3. The lowest BCUT2D eigenvalue weighted by molar-refractivity contribution is 0.767. The Morgan fingerprint density at radius 3 is 2.47 bits per heavy atom. The average Bonchev–Trinajstić information content (AvgIpc) is 2.54. The van der Waals surface area contributed by atoms with Crippen molar-refractivity contribution in [2.24, 2.45) is 7.05 Å². The first kappa shape index (κ1) is 11.9. The smallest absolute Gasteiger partial charge is 0.187 e. The van der Waals surface area contributed by atoms with Gasteiger partial charge in [-0.1, -0.05) is 11.8 Å². The maximum Gasteiger partial charge on any atom is 0.187 e. The van der Waals surface area contributed by atoms with Crippen LogP contribution in [-0.4, -0.2) is 19.7 Å². The minimum Gasteiger partial charge on any atom is -0.384 e. The summed E-state index contributed by atoms with van der Waals surface area (Å²) >= 11 is 1.57. The molecule has 2 N–H and O–H groups in total. The van der Waals surface area contributed by atoms with E-state index in [2.05, 4.69) is 15.1 Å². The van der Waals surface area contributed by atoms with Gasteiger partial charge in [-0.05, 0) is 19.4 Å². The second-order valence-corrected chi connectivity index (χ2v) is 4.85. The van der Waals surface area contributed by atoms with Crippen LogP contribution in [0.5, 0.6) is 0 Å². The highest BCUT2D eigenvalue weighted by atomic mass is 32.2. The van der Waals surface area contributed by atoms with Gasteiger partial charge < -0.3 is 5.73 Å². The van der Waals surface area contributed by atoms with Gasteiger partial charge in [-0.25, -0.2) is 9.97 Å². The molecular weight excluding hydrogens is 234 g/mol. The Kier molecular flexibility index (Phi) is 3.33. The Labute approximate surface area is 104 Å². The quantitative estimate of drug-likeness (QED) is 0.662. The molecule has 0 aliphatic rings. The number of aryl methyl sites for hydroxylation is 3. The molecule has 6 heteroatoms. The number of anilines is 1. The van der Waals surface area contributed by atoms with E-state index in [1.165, 1.54) is 0 Å². The Balaban J connectivity index is 2.09. The Hall–Kier alpha value is -1.56. The van der Waals surface area contributed by atoms with Gasteiger partial charge in [0.25, 0.3) is 0 Å². The molecule has 2 aromatic rings. The molecule has 0 bridgehead atoms. The lowest BCUT2D eigenvalue weighted by Gasteiger charge is -2.01. The highest BCUT2D eigenvalue weighted by Gasteiger charge is 2.11. The van der Waals surface area contributed by atoms with E-state index in [0.29, 0.717) is 5.82 Å². The van der Waals surface area contributed by atoms with Crippen LogP contribution in [0.3, 0.4) is 0 Å². The third-order valence-electron chi connectivity index (χ3n) is 2.50. The van der Waals surface area contributed by atoms with Crippen LogP contribution in [0.2, 0.25) is 0 Å². The first-order valence-electron chi connectivity index (χ1n) is 5.27. The van der Waals surface area contributed by atoms with Crippen molar-refractivity contribution in [3.8, 4) is 0 Å². The monoisotopic (exact) mass is 249 g/mol. The van der Waals surface area contributed by atoms with E-state index in [0.717, 1.165) is 27.7 Å². The van der Waals surface area contributed by atoms with Gasteiger partial charge in [-0.15, -0.1) is 0 Å². The summed E-state index contributed by atoms with van der Waals surface area (Å²) in [6.07, 6.45) is 3.63. The maximum atomic E-state index is 5.94. The standard InChI is InChI=1S/C11H15N5S/c1-7-4-13-11(14-5-7)17-6-9-8(2)15-16(3)10(9)12/h4-5H,6,12H2,1-3H3. The average molecular weight is 249 g/mol. The summed E-state index contributed by atoms with van der Waals surface area (Å²) in [4.78, 5) is 8.49. The summed E-state index contributed by atoms with van der Waals surface area (Å²) in [5.74, 6) is 1.45. The molecule has 0 atom stereocenters. The van der Waals surface area contributed by atoms with E-state index >= 15 is 0 Å². The molecule has 0 saturated carbocycles. The van der Waals surface area contributed by atoms with Gasteiger partial charge in [0.1, 0.15) is 5.82 Å². The van der Waals surface area contributed by atoms with Gasteiger partial charge in [0.05, 0.1) is 5.69 Å². The molecule has 0 saturated heterocycles. The molecule has 0 amide bonds. The molecule has 90 valence electrons. The van der Waals surface area contributed by atoms with Gasteiger partial charge in [0.15, 0.2) is 5.16 Å². The normalized spacial score (nSPS) is 10.8. The number of aromatic nitrogens is 4. The predicted octanol–water partition coefficient (Wildman–Crippen LogP) is 1.70. The minimum absolute atomic E-state index is 0.710. The van der Waals surface area contributed by atoms with E-state index in [1.54, 1.807) is 16.4 Å². The molecule has 0 fully saturated rings. The van der Waals surface area contributed by atoms with Crippen LogP contribution < -0.4 is 5.73 Å². The molecule has 17 heavy (non-hydrogen) atoms. The van der Waals surface area contributed by atoms with E-state index in [4.69, 9.17) is 5.73 Å². The number of hydrogen-bond acceptors (Lipinski definition) is 5. The topological polar surface area (TPSA) is 69.6 Å². The largest absolute Gasteiger partial charge is 0.384 e. The van der Waals surface area contributed by atoms with E-state index < -0.39 is 0 Å². The van der Waals surface area contributed by atoms with Crippen molar-refractivity contribution in [1.29, 1.82) is 0 Å². The number of rotatable bonds is 3. The zero-order valence-corrected chi connectivity index (χ0v) is 11.0. The number of nitrogen functional groups attached to an aromatic ring is 1. The number of hydrogen-bond donors (Lipinski definition) is 1. The van der Waals surface area contributed by atoms with Crippen molar-refractivity contribution in [1.82, 2.24) is 19.7 Å². The van der Waals surface area contributed by atoms with Crippen molar-refractivity contribution in [3.05, 3.63) is 29.2 Å². The molecule has 0 unspecified atom stereocenters. The van der Waals surface area contributed by atoms with Crippen LogP contribution in [0.1, 0.15) is 16.8 Å². The molecule has 0 aliphatic carbocycles. The van der Waals surface area contributed by atoms with Gasteiger partial charge in [-0.3, -0.25) is 4.68 Å². The Bertz CT molecular complexity index is 517. The lowest BCUT2D eigenvalue weighted by Crippen LogP contribution is -1.99. The van der Waals surface area contributed by atoms with Crippen LogP contribution in [0.15, 0.2) is 17.6 Å². The molecule has 0 radical (unpaired) electrons. The maximum absolute atomic E-state index is 5.94. The van der Waals surface area contributed by atoms with Crippen LogP contribution in [-0.2, 0) is 12.8 Å². The zero-order chi connectivity index (χ0) is 12.4. The first-order chi connectivity index (χ1) is 8.08. The van der Waals surface area contributed by atoms with Crippen LogP contribution in [0, 0.1) is 13.8 Å². The van der Waals surface area contributed by atoms with E-state index in [-0.39, 0.29) is 0 Å². The molecule has 0 aromatic carbocycles. The summed E-state index contributed by atoms with van der Waals surface area (Å²) in [5.41, 5.74) is 9.02. The summed E-state index contributed by atoms with van der Waals surface area (Å²) < 4.78 is 1.70. The third-order valence-corrected chi connectivity index (χ3v) is 3.40. The summed E-state index contributed by atoms with van der Waals surface area (Å²) in [7, 11) is 1.85. The number of thioether (sulfide) groups is 1. The molecule has 2 aromatic heterocycles. The molecule has 5 nitrogen and oxygen atoms in total. The zero-order valence-electron chi connectivity index (χ0n) is 10.1. The van der Waals surface area contributed by atoms with Crippen molar-refractivity contribution >= 4 is 17.6 Å². The first-order valence-corrected chi connectivity index (χ1v) is 6.26. The Morgan fingerprint density at radius 2 is 1.94 bits per heavy atom. The summed E-state index contributed by atoms with van der Waals surface area (Å²) in [6.45, 7) is 3.93. The third kappa shape index (κ3) is 2.58. The molecule has 2 heterocycles. The van der Waals surface area contributed by atoms with E-state index in [9.17, 15) is 0 Å². The van der Waals surface area contributed by atoms with Gasteiger partial charge >= 0.3 is 0 Å². The molecule has 0 aliphatic heterocycles. The Morgan fingerprint density at radius 1 is 1.29 bits per heavy atom. The summed E-state index contributed by atoms with van der Waals surface area (Å²) in [5, 5.41) is 5.04. The van der Waals surface area contributed by atoms with Crippen molar-refractivity contribution < 1.29 is 0 Å². The van der Waals surface area contributed by atoms with Crippen LogP contribution in [0.25, 0.3) is 0 Å². The van der Waals surface area contributed by atoms with Crippen molar-refractivity contribution in [3.63, 3.8) is 0 Å². The highest BCUT2D eigenvalue weighted by Crippen LogP contribution is 2.24. The predicted molar refractivity (Wildman–Crippen MR) is 68.7 cm³/mol. The second kappa shape index (κ2) is 4.75. The molecule has 2 rings (SSSR count). The van der Waals surface area contributed by atoms with Gasteiger partial charge in [0.2, 0.25) is 0 Å². The fraction of sp³-hybridized carbons (Fsp3) is 0.364. The highest BCUT2D eigenvalue weighted by molar-refractivity contribution is 7.98. The minimum atomic E-state index is 0.710.